The van der Waals surface area contributed by atoms with Crippen LogP contribution in [0.1, 0.15) is 88.0 Å². The van der Waals surface area contributed by atoms with E-state index < -0.39 is 84.2 Å². The van der Waals surface area contributed by atoms with Gasteiger partial charge in [-0.25, -0.2) is 31.1 Å². The van der Waals surface area contributed by atoms with Crippen molar-refractivity contribution < 1.29 is 106 Å². The topological polar surface area (TPSA) is 83.5 Å². The molecule has 2 radical (unpaired) electrons. The molecule has 13 atom stereocenters. The smallest absolute Gasteiger partial charge is 0.377 e. The second-order valence-electron chi connectivity index (χ2n) is 12.3. The minimum Gasteiger partial charge on any atom is -0.457 e. The Morgan fingerprint density at radius 1 is 0.707 bits per heavy atom. The summed E-state index contributed by atoms with van der Waals surface area (Å²) in [7, 11) is 2.22. The molecule has 0 amide bonds. The summed E-state index contributed by atoms with van der Waals surface area (Å²) in [5.41, 5.74) is 0. The minimum absolute atomic E-state index is 0. The molecule has 4 saturated heterocycles. The van der Waals surface area contributed by atoms with Gasteiger partial charge in [-0.1, -0.05) is 177 Å². The van der Waals surface area contributed by atoms with Crippen LogP contribution < -0.4 is 0 Å². The zero-order valence-electron chi connectivity index (χ0n) is 33.8. The van der Waals surface area contributed by atoms with E-state index in [-0.39, 0.29) is 65.2 Å². The van der Waals surface area contributed by atoms with Gasteiger partial charge in [0, 0.05) is 51.5 Å². The predicted molar refractivity (Wildman–Crippen MR) is 265 cm³/mol. The van der Waals surface area contributed by atoms with Crippen LogP contribution in [0.25, 0.3) is 0 Å². The Balaban J connectivity index is -0.000000143. The number of esters is 1. The van der Waals surface area contributed by atoms with Crippen LogP contribution in [0.2, 0.25) is 0 Å². The second-order valence-corrected chi connectivity index (χ2v) is 28.8. The number of rotatable bonds is 6. The molecule has 4 rings (SSSR count). The molecule has 58 heavy (non-hydrogen) atoms. The summed E-state index contributed by atoms with van der Waals surface area (Å²) in [6.45, 7) is 14.4. The summed E-state index contributed by atoms with van der Waals surface area (Å²) in [6.07, 6.45) is -3.75. The van der Waals surface area contributed by atoms with Gasteiger partial charge in [-0.05, 0) is 32.6 Å². The van der Waals surface area contributed by atoms with E-state index in [1.165, 1.54) is 30.1 Å². The van der Waals surface area contributed by atoms with E-state index in [1.54, 1.807) is 20.8 Å². The van der Waals surface area contributed by atoms with E-state index in [1.807, 2.05) is 36.4 Å². The first-order valence-corrected chi connectivity index (χ1v) is 28.0. The van der Waals surface area contributed by atoms with Gasteiger partial charge in [0.15, 0.2) is 0 Å². The molecule has 25 heteroatoms. The molecule has 0 spiro atoms. The van der Waals surface area contributed by atoms with E-state index >= 15 is 0 Å². The van der Waals surface area contributed by atoms with E-state index in [0.717, 1.165) is -0.0619 Å². The maximum Gasteiger partial charge on any atom is 0.377 e. The van der Waals surface area contributed by atoms with Gasteiger partial charge in [-0.2, -0.15) is 8.78 Å². The van der Waals surface area contributed by atoms with Crippen LogP contribution in [0, 0.1) is 36.0 Å². The first-order valence-electron chi connectivity index (χ1n) is 17.0. The minimum atomic E-state index is -3.28. The summed E-state index contributed by atoms with van der Waals surface area (Å²) in [5, 5.41) is 8.76. The fraction of sp³-hybridized carbons (Fsp3) is 0.909. The molecule has 7 nitrogen and oxygen atoms in total. The van der Waals surface area contributed by atoms with Crippen molar-refractivity contribution in [3.8, 4) is 0 Å². The predicted octanol–water partition coefficient (Wildman–Crippen LogP) is 14.3. The molecule has 3 unspecified atom stereocenters. The number of carbonyl (C=O) groups is 1. The SMILES string of the molecule is CC[C@H]1OC(=O)C(F)(F)[C@H]1C.CC[C@H]1OC(O)C(F)(F)[C@H]1C.CC[C@H]1O[C@@H](OPP)C(F)(F)[C@H]1C.CC[C@H]1O[C@H](C)C(F)(F)[C@H]1C.IC(I)I.ICI.[CH2-]I.[CH3-].[V].[V]. The first kappa shape index (κ1) is 74.7. The monoisotopic (exact) mass is 1640 g/mol. The molecule has 4 heterocycles. The molecule has 0 aromatic rings. The normalized spacial score (nSPS) is 32.7. The molecule has 1 N–H and O–H groups in total. The Labute approximate surface area is 451 Å². The van der Waals surface area contributed by atoms with Crippen molar-refractivity contribution in [2.75, 3.05) is 2.43 Å². The van der Waals surface area contributed by atoms with Crippen LogP contribution in [0.4, 0.5) is 35.1 Å². The Morgan fingerprint density at radius 2 is 1.03 bits per heavy atom. The number of aliphatic hydroxyl groups is 1. The second kappa shape index (κ2) is 37.1. The molecular formula is C33H58F8I6O7P2V2-2. The molecular weight excluding hydrogens is 1590 g/mol. The van der Waals surface area contributed by atoms with Crippen LogP contribution in [0.5, 0.6) is 0 Å². The summed E-state index contributed by atoms with van der Waals surface area (Å²) >= 11 is 13.4. The van der Waals surface area contributed by atoms with Crippen LogP contribution in [0.3, 0.4) is 0 Å². The number of halogens is 14. The van der Waals surface area contributed by atoms with Gasteiger partial charge in [-0.3, -0.25) is 4.93 Å². The standard InChI is InChI=1S/C8H14F2O.C7H14F2O2P2.C7H12F2O2.C7H10F2O2.CHI3.CH2I2.CH2I.CH3.2V/c1-4-7-5(2)8(9,10)6(3)11-7;1-3-5-4(2)7(8,9)6(10-5)11-13-12;2*1-3-5-4(2)7(8,9)6(10)11-5;2-1(3)4;2-1-3;1-2;;;/h5-7H,4H2,1-3H3;4-6,13H,3,12H2,1-2H3;4-6,10H,3H2,1-2H3;4-5H,3H2,1-2H3;1H;1H2;1H2;1H3;;/q;;;;;;2*-1;;/t5-,6+,7+;4-,5+,6-;4-,5+,6?;4-,5+;;;;;;/m0000....../s1. The Morgan fingerprint density at radius 3 is 1.22 bits per heavy atom. The number of ether oxygens (including phenoxy) is 4. The van der Waals surface area contributed by atoms with Gasteiger partial charge < -0.3 is 58.6 Å². The van der Waals surface area contributed by atoms with Crippen molar-refractivity contribution in [2.24, 2.45) is 23.7 Å². The Kier molecular flexibility index (Phi) is 47.7. The van der Waals surface area contributed by atoms with Gasteiger partial charge >= 0.3 is 23.7 Å². The summed E-state index contributed by atoms with van der Waals surface area (Å²) < 4.78 is 130. The third-order valence-electron chi connectivity index (χ3n) is 9.11. The molecule has 0 bridgehead atoms. The summed E-state index contributed by atoms with van der Waals surface area (Å²) in [6, 6.07) is 0. The number of cyclic esters (lactones) is 1. The molecule has 0 aromatic carbocycles. The molecule has 0 saturated carbocycles. The third-order valence-corrected chi connectivity index (χ3v) is 9.86. The fourth-order valence-corrected chi connectivity index (χ4v) is 6.16. The first-order chi connectivity index (χ1) is 25.2. The van der Waals surface area contributed by atoms with Crippen LogP contribution in [-0.4, -0.2) is 80.2 Å². The zero-order valence-corrected chi connectivity index (χ0v) is 51.7. The number of alkyl halides is 13. The molecule has 0 aromatic heterocycles. The average Bonchev–Trinajstić information content (AvgIpc) is 3.64. The number of hydrogen-bond donors (Lipinski definition) is 1. The average molecular weight is 1640 g/mol. The van der Waals surface area contributed by atoms with E-state index in [4.69, 9.17) is 19.1 Å². The Hall–Kier alpha value is 5.12. The molecule has 4 aliphatic heterocycles. The fourth-order valence-electron chi connectivity index (χ4n) is 5.46. The quantitative estimate of drug-likeness (QED) is 0.0708. The molecule has 4 aliphatic rings. The third kappa shape index (κ3) is 23.9. The van der Waals surface area contributed by atoms with Crippen molar-refractivity contribution >= 4 is 159 Å². The van der Waals surface area contributed by atoms with Crippen molar-refractivity contribution in [3.63, 3.8) is 0 Å². The van der Waals surface area contributed by atoms with Crippen molar-refractivity contribution in [1.29, 1.82) is 0 Å². The van der Waals surface area contributed by atoms with Gasteiger partial charge in [0.05, 0.1) is 38.5 Å². The van der Waals surface area contributed by atoms with Crippen molar-refractivity contribution in [3.05, 3.63) is 12.4 Å². The van der Waals surface area contributed by atoms with Gasteiger partial charge in [0.25, 0.3) is 5.92 Å². The zero-order chi connectivity index (χ0) is 44.3. The van der Waals surface area contributed by atoms with Gasteiger partial charge in [0.1, 0.15) is 12.1 Å². The largest absolute Gasteiger partial charge is 0.457 e. The van der Waals surface area contributed by atoms with Crippen LogP contribution in [-0.2, 0) is 65.4 Å². The molecule has 4 fully saturated rings. The Bertz CT molecular complexity index is 1020. The van der Waals surface area contributed by atoms with Crippen molar-refractivity contribution in [1.82, 2.24) is 0 Å². The number of carbonyl (C=O) groups excluding carboxylic acids is 1. The summed E-state index contributed by atoms with van der Waals surface area (Å²) in [5.74, 6) is -16.5. The van der Waals surface area contributed by atoms with Crippen molar-refractivity contribution in [2.45, 2.75) is 155 Å². The summed E-state index contributed by atoms with van der Waals surface area (Å²) in [4.78, 5) is 13.7. The molecule has 0 aliphatic carbocycles. The maximum absolute atomic E-state index is 13.4. The van der Waals surface area contributed by atoms with Crippen LogP contribution in [0.15, 0.2) is 0 Å². The van der Waals surface area contributed by atoms with E-state index in [0.29, 0.717) is 25.7 Å². The number of aliphatic hydroxyl groups excluding tert-OH is 1. The number of hydrogen-bond acceptors (Lipinski definition) is 7. The molecule has 352 valence electrons. The maximum atomic E-state index is 13.4. The van der Waals surface area contributed by atoms with Crippen LogP contribution >= 0.6 is 153 Å². The van der Waals surface area contributed by atoms with E-state index in [2.05, 4.69) is 136 Å². The van der Waals surface area contributed by atoms with E-state index in [9.17, 15) is 39.9 Å². The van der Waals surface area contributed by atoms with Gasteiger partial charge in [0.2, 0.25) is 12.6 Å². The van der Waals surface area contributed by atoms with Gasteiger partial charge in [-0.15, -0.1) is 0 Å².